The van der Waals surface area contributed by atoms with Crippen LogP contribution in [0.3, 0.4) is 0 Å². The van der Waals surface area contributed by atoms with Crippen molar-refractivity contribution in [1.29, 1.82) is 0 Å². The first-order valence-corrected chi connectivity index (χ1v) is 24.9. The SMILES string of the molecule is CC(=O)N[C@@H](CC(C)C)C(=O)N1CCC[C@H]1C(=O)N[C@@H](CC(=O)O)C(=O)N[C@@H](CC(=O)O)C(=O)N[C@@H](Cc1ccccc1)C(=O)N1CCC[C@H]1C(=O)N[C@@H](CCCN=C(N)N)C(=O)N[C@@H](Cc1ccc(O)cc1)C(N)=O. The highest BCUT2D eigenvalue weighted by molar-refractivity contribution is 6.00. The first kappa shape index (κ1) is 60.2. The van der Waals surface area contributed by atoms with Gasteiger partial charge in [-0.15, -0.1) is 0 Å². The molecule has 0 saturated carbocycles. The number of aliphatic imine (C=N–C) groups is 1. The van der Waals surface area contributed by atoms with Crippen LogP contribution in [0.4, 0.5) is 0 Å². The highest BCUT2D eigenvalue weighted by Crippen LogP contribution is 2.23. The summed E-state index contributed by atoms with van der Waals surface area (Å²) < 4.78 is 0. The van der Waals surface area contributed by atoms with E-state index < -0.39 is 126 Å². The monoisotopic (exact) mass is 1060 g/mol. The second-order valence-electron chi connectivity index (χ2n) is 19.2. The highest BCUT2D eigenvalue weighted by atomic mass is 16.4. The zero-order chi connectivity index (χ0) is 56.2. The van der Waals surface area contributed by atoms with E-state index in [4.69, 9.17) is 17.2 Å². The largest absolute Gasteiger partial charge is 0.508 e. The molecule has 76 heavy (non-hydrogen) atoms. The smallest absolute Gasteiger partial charge is 0.305 e. The summed E-state index contributed by atoms with van der Waals surface area (Å²) in [5, 5.41) is 44.3. The normalized spacial score (nSPS) is 17.4. The summed E-state index contributed by atoms with van der Waals surface area (Å²) in [5.41, 5.74) is 17.7. The second kappa shape index (κ2) is 28.9. The third-order valence-electron chi connectivity index (χ3n) is 12.6. The van der Waals surface area contributed by atoms with Gasteiger partial charge in [0.2, 0.25) is 53.2 Å². The molecule has 0 bridgehead atoms. The average Bonchev–Trinajstić information content (AvgIpc) is 4.05. The molecule has 414 valence electrons. The summed E-state index contributed by atoms with van der Waals surface area (Å²) in [4.78, 5) is 153. The minimum atomic E-state index is -1.96. The number of primary amides is 1. The number of guanidine groups is 1. The summed E-state index contributed by atoms with van der Waals surface area (Å²) in [7, 11) is 0. The number of nitrogens with one attached hydrogen (secondary N) is 6. The molecule has 2 aliphatic heterocycles. The Bertz CT molecular complexity index is 2450. The van der Waals surface area contributed by atoms with Gasteiger partial charge in [-0.05, 0) is 74.1 Å². The maximum Gasteiger partial charge on any atom is 0.305 e. The fourth-order valence-electron chi connectivity index (χ4n) is 8.98. The van der Waals surface area contributed by atoms with E-state index in [1.54, 1.807) is 30.3 Å². The quantitative estimate of drug-likeness (QED) is 0.0241. The summed E-state index contributed by atoms with van der Waals surface area (Å²) in [6, 6.07) is 2.88. The van der Waals surface area contributed by atoms with Crippen LogP contribution in [-0.4, -0.2) is 164 Å². The number of aliphatic carboxylic acids is 2. The second-order valence-corrected chi connectivity index (χ2v) is 19.2. The number of carboxylic acids is 2. The van der Waals surface area contributed by atoms with Crippen LogP contribution >= 0.6 is 0 Å². The number of phenols is 1. The molecular formula is C50H70N12O14. The van der Waals surface area contributed by atoms with Crippen LogP contribution in [-0.2, 0) is 65.6 Å². The average molecular weight is 1060 g/mol. The van der Waals surface area contributed by atoms with Crippen molar-refractivity contribution in [2.45, 2.75) is 140 Å². The van der Waals surface area contributed by atoms with E-state index in [1.807, 2.05) is 13.8 Å². The molecule has 2 aliphatic rings. The van der Waals surface area contributed by atoms with Crippen molar-refractivity contribution in [3.63, 3.8) is 0 Å². The zero-order valence-electron chi connectivity index (χ0n) is 42.7. The summed E-state index contributed by atoms with van der Waals surface area (Å²) in [6.07, 6.45) is -1.09. The fraction of sp³-hybridized carbons (Fsp3) is 0.520. The number of rotatable bonds is 28. The van der Waals surface area contributed by atoms with Crippen LogP contribution in [0.5, 0.6) is 5.75 Å². The number of benzene rings is 2. The Hall–Kier alpha value is -8.32. The number of aromatic hydroxyl groups is 1. The maximum absolute atomic E-state index is 14.7. The van der Waals surface area contributed by atoms with Crippen molar-refractivity contribution in [2.24, 2.45) is 28.1 Å². The van der Waals surface area contributed by atoms with Crippen LogP contribution in [0.1, 0.15) is 89.7 Å². The number of carboxylic acid groups (broad SMARTS) is 2. The van der Waals surface area contributed by atoms with Crippen molar-refractivity contribution in [2.75, 3.05) is 19.6 Å². The van der Waals surface area contributed by atoms with E-state index in [1.165, 1.54) is 41.0 Å². The van der Waals surface area contributed by atoms with E-state index >= 15 is 0 Å². The predicted molar refractivity (Wildman–Crippen MR) is 272 cm³/mol. The van der Waals surface area contributed by atoms with Gasteiger partial charge in [0.05, 0.1) is 12.8 Å². The number of nitrogens with two attached hydrogens (primary N) is 3. The van der Waals surface area contributed by atoms with Crippen molar-refractivity contribution < 1.29 is 68.1 Å². The fourth-order valence-corrected chi connectivity index (χ4v) is 8.98. The van der Waals surface area contributed by atoms with Gasteiger partial charge in [0.1, 0.15) is 54.1 Å². The Kier molecular flexibility index (Phi) is 22.9. The highest BCUT2D eigenvalue weighted by Gasteiger charge is 2.42. The Labute approximate surface area is 438 Å². The lowest BCUT2D eigenvalue weighted by atomic mass is 10.0. The van der Waals surface area contributed by atoms with Gasteiger partial charge in [-0.3, -0.25) is 57.7 Å². The van der Waals surface area contributed by atoms with Gasteiger partial charge in [0, 0.05) is 39.4 Å². The van der Waals surface area contributed by atoms with Gasteiger partial charge < -0.3 is 74.2 Å². The molecule has 2 aromatic rings. The zero-order valence-corrected chi connectivity index (χ0v) is 42.7. The molecule has 0 unspecified atom stereocenters. The van der Waals surface area contributed by atoms with Crippen molar-refractivity contribution >= 4 is 71.1 Å². The van der Waals surface area contributed by atoms with Gasteiger partial charge in [-0.1, -0.05) is 56.3 Å². The van der Waals surface area contributed by atoms with Crippen molar-refractivity contribution in [3.05, 3.63) is 65.7 Å². The topological polar surface area (TPSA) is 418 Å². The lowest BCUT2D eigenvalue weighted by Gasteiger charge is -2.31. The molecule has 8 atom stereocenters. The molecule has 0 radical (unpaired) electrons. The Morgan fingerprint density at radius 2 is 1.07 bits per heavy atom. The van der Waals surface area contributed by atoms with E-state index in [0.29, 0.717) is 24.0 Å². The molecule has 9 amide bonds. The molecule has 4 rings (SSSR count). The van der Waals surface area contributed by atoms with Gasteiger partial charge in [0.15, 0.2) is 5.96 Å². The molecule has 26 nitrogen and oxygen atoms in total. The summed E-state index contributed by atoms with van der Waals surface area (Å²) >= 11 is 0. The molecule has 2 heterocycles. The first-order chi connectivity index (χ1) is 35.9. The standard InChI is InChI=1S/C50H70N12O14/c1-27(2)22-36(55-28(3)63)48(75)61-20-9-14-39(61)47(74)59-35(26-41(67)68)44(71)58-34(25-40(65)66)45(72)60-37(24-29-10-5-4-6-11-29)49(76)62-21-8-13-38(62)46(73)56-32(12-7-19-54-50(52)53)43(70)57-33(42(51)69)23-30-15-17-31(64)18-16-30/h4-6,10-11,15-18,27,32-39,64H,7-9,12-14,19-26H2,1-3H3,(H2,51,69)(H,55,63)(H,56,73)(H,57,70)(H,58,71)(H,59,74)(H,60,72)(H,65,66)(H,67,68)(H4,52,53,54)/t32-,33-,34-,35-,36-,37-,38-,39-/m0/s1. The van der Waals surface area contributed by atoms with E-state index in [9.17, 15) is 68.1 Å². The van der Waals surface area contributed by atoms with Crippen LogP contribution in [0.25, 0.3) is 0 Å². The number of nitrogens with zero attached hydrogens (tertiary/aromatic N) is 3. The third kappa shape index (κ3) is 18.9. The molecule has 0 spiro atoms. The molecule has 15 N–H and O–H groups in total. The number of carbonyl (C=O) groups excluding carboxylic acids is 9. The molecular weight excluding hydrogens is 993 g/mol. The van der Waals surface area contributed by atoms with Gasteiger partial charge >= 0.3 is 11.9 Å². The Morgan fingerprint density at radius 3 is 1.57 bits per heavy atom. The molecule has 0 aliphatic carbocycles. The number of hydrogen-bond donors (Lipinski definition) is 12. The third-order valence-corrected chi connectivity index (χ3v) is 12.6. The van der Waals surface area contributed by atoms with Gasteiger partial charge in [-0.25, -0.2) is 0 Å². The van der Waals surface area contributed by atoms with E-state index in [2.05, 4.69) is 36.9 Å². The molecule has 2 fully saturated rings. The van der Waals surface area contributed by atoms with E-state index in [0.717, 1.165) is 0 Å². The minimum Gasteiger partial charge on any atom is -0.508 e. The van der Waals surface area contributed by atoms with Crippen molar-refractivity contribution in [1.82, 2.24) is 41.7 Å². The number of likely N-dealkylation sites (tertiary alicyclic amines) is 2. The lowest BCUT2D eigenvalue weighted by molar-refractivity contribution is -0.145. The Morgan fingerprint density at radius 1 is 0.605 bits per heavy atom. The summed E-state index contributed by atoms with van der Waals surface area (Å²) in [5.74, 6) is -11.1. The molecule has 2 aromatic carbocycles. The van der Waals surface area contributed by atoms with Crippen molar-refractivity contribution in [3.8, 4) is 5.75 Å². The molecule has 26 heteroatoms. The Balaban J connectivity index is 1.56. The number of hydrogen-bond acceptors (Lipinski definition) is 13. The van der Waals surface area contributed by atoms with Gasteiger partial charge in [0.25, 0.3) is 0 Å². The number of phenolic OH excluding ortho intramolecular Hbond substituents is 1. The van der Waals surface area contributed by atoms with Crippen LogP contribution in [0, 0.1) is 5.92 Å². The maximum atomic E-state index is 14.7. The lowest BCUT2D eigenvalue weighted by Crippen LogP contribution is -2.60. The van der Waals surface area contributed by atoms with Crippen LogP contribution < -0.4 is 49.1 Å². The van der Waals surface area contributed by atoms with E-state index in [-0.39, 0.29) is 82.2 Å². The first-order valence-electron chi connectivity index (χ1n) is 24.9. The van der Waals surface area contributed by atoms with Crippen LogP contribution in [0.15, 0.2) is 59.6 Å². The summed E-state index contributed by atoms with van der Waals surface area (Å²) in [6.45, 7) is 5.10. The molecule has 0 aromatic heterocycles. The predicted octanol–water partition coefficient (Wildman–Crippen LogP) is -2.38. The minimum absolute atomic E-state index is 0.00267. The number of carbonyl (C=O) groups is 11. The number of amides is 9. The van der Waals surface area contributed by atoms with Crippen LogP contribution in [0.2, 0.25) is 0 Å². The van der Waals surface area contributed by atoms with Gasteiger partial charge in [-0.2, -0.15) is 0 Å². The molecule has 2 saturated heterocycles.